The van der Waals surface area contributed by atoms with Crippen LogP contribution in [0.5, 0.6) is 5.75 Å². The Morgan fingerprint density at radius 2 is 1.63 bits per heavy atom. The minimum absolute atomic E-state index is 0.0671. The van der Waals surface area contributed by atoms with Crippen LogP contribution in [-0.2, 0) is 4.74 Å². The van der Waals surface area contributed by atoms with Crippen LogP contribution in [0.4, 0.5) is 5.69 Å². The molecule has 0 aliphatic heterocycles. The molecule has 2 aromatic carbocycles. The first-order valence-corrected chi connectivity index (χ1v) is 8.68. The third-order valence-corrected chi connectivity index (χ3v) is 3.68. The average molecular weight is 373 g/mol. The van der Waals surface area contributed by atoms with Crippen LogP contribution in [-0.4, -0.2) is 42.9 Å². The minimum atomic E-state index is -1.11. The molecule has 2 N–H and O–H groups in total. The van der Waals surface area contributed by atoms with Crippen molar-refractivity contribution in [3.8, 4) is 5.75 Å². The maximum Gasteiger partial charge on any atom is 0.339 e. The van der Waals surface area contributed by atoms with E-state index in [-0.39, 0.29) is 17.3 Å². The van der Waals surface area contributed by atoms with Crippen LogP contribution in [0.15, 0.2) is 48.5 Å². The number of anilines is 1. The molecule has 0 fully saturated rings. The summed E-state index contributed by atoms with van der Waals surface area (Å²) < 4.78 is 5.19. The largest absolute Gasteiger partial charge is 0.507 e. The number of aromatic carboxylic acids is 1. The Morgan fingerprint density at radius 3 is 2.07 bits per heavy atom. The van der Waals surface area contributed by atoms with Crippen LogP contribution in [0.25, 0.3) is 0 Å². The number of benzene rings is 2. The summed E-state index contributed by atoms with van der Waals surface area (Å²) in [5.74, 6) is -0.997. The molecule has 146 valence electrons. The fraction of sp³-hybridized carbons (Fsp3) is 0.333. The summed E-state index contributed by atoms with van der Waals surface area (Å²) in [5, 5.41) is 17.3. The summed E-state index contributed by atoms with van der Waals surface area (Å²) in [6.07, 6.45) is 0.904. The van der Waals surface area contributed by atoms with E-state index in [0.717, 1.165) is 12.1 Å². The lowest BCUT2D eigenvalue weighted by Gasteiger charge is -2.12. The third kappa shape index (κ3) is 7.81. The summed E-state index contributed by atoms with van der Waals surface area (Å²) in [7, 11) is 3.94. The molecule has 0 atom stereocenters. The highest BCUT2D eigenvalue weighted by Crippen LogP contribution is 2.14. The highest BCUT2D eigenvalue weighted by Gasteiger charge is 2.07. The van der Waals surface area contributed by atoms with Gasteiger partial charge in [0.2, 0.25) is 0 Å². The number of aromatic hydroxyl groups is 1. The number of hydrogen-bond donors (Lipinski definition) is 2. The Labute approximate surface area is 160 Å². The van der Waals surface area contributed by atoms with E-state index in [2.05, 4.69) is 13.8 Å². The molecule has 2 aromatic rings. The molecule has 6 heteroatoms. The van der Waals surface area contributed by atoms with E-state index in [9.17, 15) is 9.59 Å². The van der Waals surface area contributed by atoms with Crippen molar-refractivity contribution in [3.63, 3.8) is 0 Å². The number of esters is 1. The van der Waals surface area contributed by atoms with Crippen LogP contribution in [0.3, 0.4) is 0 Å². The van der Waals surface area contributed by atoms with E-state index in [1.54, 1.807) is 24.3 Å². The molecule has 6 nitrogen and oxygen atoms in total. The van der Waals surface area contributed by atoms with E-state index in [1.165, 1.54) is 12.1 Å². The molecule has 0 aromatic heterocycles. The summed E-state index contributed by atoms with van der Waals surface area (Å²) in [6.45, 7) is 4.71. The third-order valence-electron chi connectivity index (χ3n) is 3.68. The summed E-state index contributed by atoms with van der Waals surface area (Å²) in [4.78, 5) is 23.9. The van der Waals surface area contributed by atoms with E-state index >= 15 is 0 Å². The van der Waals surface area contributed by atoms with E-state index in [4.69, 9.17) is 14.9 Å². The average Bonchev–Trinajstić information content (AvgIpc) is 2.62. The lowest BCUT2D eigenvalue weighted by Crippen LogP contribution is -2.10. The minimum Gasteiger partial charge on any atom is -0.507 e. The molecular formula is C21H27NO5. The molecule has 0 aliphatic rings. The van der Waals surface area contributed by atoms with Gasteiger partial charge in [0, 0.05) is 19.8 Å². The molecule has 0 saturated carbocycles. The molecule has 0 saturated heterocycles. The topological polar surface area (TPSA) is 87.1 Å². The monoisotopic (exact) mass is 373 g/mol. The number of carboxylic acid groups (broad SMARTS) is 1. The predicted molar refractivity (Wildman–Crippen MR) is 106 cm³/mol. The number of nitrogens with zero attached hydrogens (tertiary/aromatic N) is 1. The second kappa shape index (κ2) is 10.9. The first-order valence-electron chi connectivity index (χ1n) is 8.68. The lowest BCUT2D eigenvalue weighted by molar-refractivity contribution is 0.0487. The number of carbonyl (C=O) groups excluding carboxylic acids is 1. The number of phenols is 1. The van der Waals surface area contributed by atoms with Crippen molar-refractivity contribution in [3.05, 3.63) is 59.7 Å². The molecule has 0 unspecified atom stereocenters. The van der Waals surface area contributed by atoms with Crippen molar-refractivity contribution in [2.45, 2.75) is 20.3 Å². The van der Waals surface area contributed by atoms with Gasteiger partial charge in [0.15, 0.2) is 0 Å². The van der Waals surface area contributed by atoms with Crippen molar-refractivity contribution < 1.29 is 24.5 Å². The maximum atomic E-state index is 11.7. The standard InChI is InChI=1S/C14H21NO2.C7H6O3/c1-11(2)9-10-17-14(16)12-5-7-13(8-6-12)15(3)4;8-6-4-2-1-3-5(6)7(9)10/h5-8,11H,9-10H2,1-4H3;1-4,8H,(H,9,10). The van der Waals surface area contributed by atoms with Crippen molar-refractivity contribution in [2.24, 2.45) is 5.92 Å². The summed E-state index contributed by atoms with van der Waals surface area (Å²) in [6, 6.07) is 13.2. The predicted octanol–water partition coefficient (Wildman–Crippen LogP) is 4.05. The number of carboxylic acids is 1. The fourth-order valence-corrected chi connectivity index (χ4v) is 2.02. The number of carbonyl (C=O) groups is 2. The molecule has 0 spiro atoms. The quantitative estimate of drug-likeness (QED) is 0.743. The van der Waals surface area contributed by atoms with Gasteiger partial charge in [-0.25, -0.2) is 9.59 Å². The molecule has 0 amide bonds. The zero-order valence-electron chi connectivity index (χ0n) is 16.2. The van der Waals surface area contributed by atoms with Gasteiger partial charge in [-0.05, 0) is 48.7 Å². The van der Waals surface area contributed by atoms with Crippen LogP contribution >= 0.6 is 0 Å². The molecule has 0 aliphatic carbocycles. The van der Waals surface area contributed by atoms with Gasteiger partial charge in [-0.2, -0.15) is 0 Å². The molecule has 2 rings (SSSR count). The zero-order chi connectivity index (χ0) is 20.4. The van der Waals surface area contributed by atoms with Crippen molar-refractivity contribution in [1.82, 2.24) is 0 Å². The number of rotatable bonds is 6. The van der Waals surface area contributed by atoms with Crippen molar-refractivity contribution in [1.29, 1.82) is 0 Å². The zero-order valence-corrected chi connectivity index (χ0v) is 16.2. The van der Waals surface area contributed by atoms with Gasteiger partial charge in [-0.3, -0.25) is 0 Å². The molecular weight excluding hydrogens is 346 g/mol. The van der Waals surface area contributed by atoms with Gasteiger partial charge in [0.1, 0.15) is 11.3 Å². The Kier molecular flexibility index (Phi) is 8.85. The van der Waals surface area contributed by atoms with Crippen molar-refractivity contribution >= 4 is 17.6 Å². The van der Waals surface area contributed by atoms with Gasteiger partial charge >= 0.3 is 11.9 Å². The van der Waals surface area contributed by atoms with E-state index in [0.29, 0.717) is 18.1 Å². The van der Waals surface area contributed by atoms with Gasteiger partial charge in [0.05, 0.1) is 12.2 Å². The first kappa shape index (κ1) is 22.0. The normalized spacial score (nSPS) is 9.96. The number of para-hydroxylation sites is 1. The Hall–Kier alpha value is -3.02. The van der Waals surface area contributed by atoms with Gasteiger partial charge in [0.25, 0.3) is 0 Å². The summed E-state index contributed by atoms with van der Waals surface area (Å²) >= 11 is 0. The van der Waals surface area contributed by atoms with Gasteiger partial charge in [-0.15, -0.1) is 0 Å². The van der Waals surface area contributed by atoms with Crippen molar-refractivity contribution in [2.75, 3.05) is 25.6 Å². The van der Waals surface area contributed by atoms with Gasteiger partial charge < -0.3 is 19.8 Å². The molecule has 0 bridgehead atoms. The molecule has 0 radical (unpaired) electrons. The van der Waals surface area contributed by atoms with E-state index < -0.39 is 5.97 Å². The first-order chi connectivity index (χ1) is 12.7. The fourth-order valence-electron chi connectivity index (χ4n) is 2.02. The van der Waals surface area contributed by atoms with Crippen LogP contribution in [0, 0.1) is 5.92 Å². The number of hydrogen-bond acceptors (Lipinski definition) is 5. The SMILES string of the molecule is CC(C)CCOC(=O)c1ccc(N(C)C)cc1.O=C(O)c1ccccc1O. The van der Waals surface area contributed by atoms with Gasteiger partial charge in [-0.1, -0.05) is 26.0 Å². The number of ether oxygens (including phenoxy) is 1. The van der Waals surface area contributed by atoms with Crippen LogP contribution in [0.1, 0.15) is 41.0 Å². The molecule has 0 heterocycles. The Bertz CT molecular complexity index is 738. The summed E-state index contributed by atoms with van der Waals surface area (Å²) in [5.41, 5.74) is 1.62. The van der Waals surface area contributed by atoms with E-state index in [1.807, 2.05) is 31.1 Å². The molecule has 27 heavy (non-hydrogen) atoms. The highest BCUT2D eigenvalue weighted by atomic mass is 16.5. The maximum absolute atomic E-state index is 11.7. The Morgan fingerprint density at radius 1 is 1.04 bits per heavy atom. The smallest absolute Gasteiger partial charge is 0.339 e. The Balaban J connectivity index is 0.000000309. The van der Waals surface area contributed by atoms with Crippen LogP contribution in [0.2, 0.25) is 0 Å². The lowest BCUT2D eigenvalue weighted by atomic mass is 10.1. The second-order valence-electron chi connectivity index (χ2n) is 6.58. The highest BCUT2D eigenvalue weighted by molar-refractivity contribution is 5.90. The second-order valence-corrected chi connectivity index (χ2v) is 6.58. The van der Waals surface area contributed by atoms with Crippen LogP contribution < -0.4 is 4.90 Å².